The number of halogens is 1. The van der Waals surface area contributed by atoms with Crippen LogP contribution in [0.25, 0.3) is 0 Å². The minimum atomic E-state index is -1.12. The molecule has 2 atom stereocenters. The van der Waals surface area contributed by atoms with E-state index in [2.05, 4.69) is 16.2 Å². The molecule has 1 aromatic carbocycles. The molecular formula is C19H19ClN4OS. The first kappa shape index (κ1) is 18.6. The topological polar surface area (TPSA) is 74.7 Å². The predicted octanol–water partition coefficient (Wildman–Crippen LogP) is 4.14. The molecule has 0 saturated carbocycles. The number of nitrogens with zero attached hydrogens (tertiary/aromatic N) is 4. The van der Waals surface area contributed by atoms with Crippen LogP contribution in [0.5, 0.6) is 0 Å². The molecule has 7 heteroatoms. The third kappa shape index (κ3) is 4.13. The summed E-state index contributed by atoms with van der Waals surface area (Å²) in [7, 11) is 0. The molecule has 1 N–H and O–H groups in total. The van der Waals surface area contributed by atoms with Crippen LogP contribution in [0.4, 0.5) is 0 Å². The largest absolute Gasteiger partial charge is 0.383 e. The molecule has 0 aliphatic heterocycles. The van der Waals surface area contributed by atoms with Crippen LogP contribution >= 0.6 is 22.9 Å². The predicted molar refractivity (Wildman–Crippen MR) is 102 cm³/mol. The zero-order chi connectivity index (χ0) is 18.6. The fourth-order valence-corrected chi connectivity index (χ4v) is 4.09. The fourth-order valence-electron chi connectivity index (χ4n) is 2.99. The Kier molecular flexibility index (Phi) is 5.72. The normalized spacial score (nSPS) is 14.5. The minimum Gasteiger partial charge on any atom is -0.383 e. The van der Waals surface area contributed by atoms with Crippen molar-refractivity contribution in [3.05, 3.63) is 69.4 Å². The highest BCUT2D eigenvalue weighted by atomic mass is 35.5. The molecule has 0 fully saturated rings. The molecule has 3 rings (SSSR count). The lowest BCUT2D eigenvalue weighted by molar-refractivity contribution is 0.00662. The number of aliphatic hydroxyl groups is 1. The van der Waals surface area contributed by atoms with Crippen molar-refractivity contribution in [2.45, 2.75) is 37.8 Å². The zero-order valence-electron chi connectivity index (χ0n) is 14.3. The standard InChI is InChI=1S/C19H19ClN4OS/c1-14(10-21)17-7-9-26-18(17)6-8-19(25,11-24-13-22-12-23-24)15-2-4-16(20)5-3-15/h2-5,7,9,12-14,25H,6,8,11H2,1H3. The van der Waals surface area contributed by atoms with Crippen molar-refractivity contribution in [3.8, 4) is 6.07 Å². The van der Waals surface area contributed by atoms with Crippen LogP contribution in [-0.4, -0.2) is 19.9 Å². The number of nitriles is 1. The highest BCUT2D eigenvalue weighted by Crippen LogP contribution is 2.33. The fraction of sp³-hybridized carbons (Fsp3) is 0.316. The number of thiophene rings is 1. The second kappa shape index (κ2) is 8.00. The van der Waals surface area contributed by atoms with Gasteiger partial charge in [0.25, 0.3) is 0 Å². The van der Waals surface area contributed by atoms with Gasteiger partial charge in [0.05, 0.1) is 18.5 Å². The molecule has 5 nitrogen and oxygen atoms in total. The maximum atomic E-state index is 11.4. The number of aryl methyl sites for hydroxylation is 1. The Hall–Kier alpha value is -2.20. The van der Waals surface area contributed by atoms with E-state index in [9.17, 15) is 10.4 Å². The van der Waals surface area contributed by atoms with E-state index in [1.807, 2.05) is 30.5 Å². The van der Waals surface area contributed by atoms with E-state index in [0.29, 0.717) is 24.4 Å². The summed E-state index contributed by atoms with van der Waals surface area (Å²) in [5.74, 6) is -0.157. The van der Waals surface area contributed by atoms with Crippen molar-refractivity contribution < 1.29 is 5.11 Å². The summed E-state index contributed by atoms with van der Waals surface area (Å²) in [6.45, 7) is 2.19. The molecule has 0 radical (unpaired) electrons. The second-order valence-corrected chi connectivity index (χ2v) is 7.72. The lowest BCUT2D eigenvalue weighted by Crippen LogP contribution is -2.32. The van der Waals surface area contributed by atoms with Gasteiger partial charge in [0, 0.05) is 9.90 Å². The third-order valence-corrected chi connectivity index (χ3v) is 5.73. The monoisotopic (exact) mass is 386 g/mol. The van der Waals surface area contributed by atoms with Gasteiger partial charge in [0.2, 0.25) is 0 Å². The van der Waals surface area contributed by atoms with Crippen LogP contribution < -0.4 is 0 Å². The van der Waals surface area contributed by atoms with Crippen molar-refractivity contribution in [1.82, 2.24) is 14.8 Å². The van der Waals surface area contributed by atoms with Crippen molar-refractivity contribution in [3.63, 3.8) is 0 Å². The van der Waals surface area contributed by atoms with Gasteiger partial charge in [0.15, 0.2) is 0 Å². The number of benzene rings is 1. The Morgan fingerprint density at radius 3 is 2.77 bits per heavy atom. The van der Waals surface area contributed by atoms with Gasteiger partial charge >= 0.3 is 0 Å². The highest BCUT2D eigenvalue weighted by molar-refractivity contribution is 7.10. The number of aromatic nitrogens is 3. The first-order valence-corrected chi connectivity index (χ1v) is 9.54. The van der Waals surface area contributed by atoms with Crippen LogP contribution in [0.2, 0.25) is 5.02 Å². The quantitative estimate of drug-likeness (QED) is 0.662. The molecule has 2 aromatic heterocycles. The van der Waals surface area contributed by atoms with Crippen molar-refractivity contribution in [1.29, 1.82) is 5.26 Å². The highest BCUT2D eigenvalue weighted by Gasteiger charge is 2.31. The molecule has 2 heterocycles. The van der Waals surface area contributed by atoms with E-state index in [-0.39, 0.29) is 5.92 Å². The zero-order valence-corrected chi connectivity index (χ0v) is 15.9. The molecule has 134 valence electrons. The van der Waals surface area contributed by atoms with Crippen LogP contribution in [0.3, 0.4) is 0 Å². The smallest absolute Gasteiger partial charge is 0.137 e. The van der Waals surface area contributed by atoms with E-state index in [1.165, 1.54) is 6.33 Å². The Morgan fingerprint density at radius 2 is 2.12 bits per heavy atom. The van der Waals surface area contributed by atoms with Gasteiger partial charge in [-0.1, -0.05) is 23.7 Å². The Bertz CT molecular complexity index is 885. The van der Waals surface area contributed by atoms with Crippen molar-refractivity contribution in [2.24, 2.45) is 0 Å². The van der Waals surface area contributed by atoms with Gasteiger partial charge < -0.3 is 5.11 Å². The molecule has 3 aromatic rings. The van der Waals surface area contributed by atoms with Crippen molar-refractivity contribution in [2.75, 3.05) is 0 Å². The maximum absolute atomic E-state index is 11.4. The summed E-state index contributed by atoms with van der Waals surface area (Å²) in [6.07, 6.45) is 4.22. The van der Waals surface area contributed by atoms with Crippen LogP contribution in [0.15, 0.2) is 48.4 Å². The molecule has 0 saturated heterocycles. The summed E-state index contributed by atoms with van der Waals surface area (Å²) in [5.41, 5.74) is 0.704. The summed E-state index contributed by atoms with van der Waals surface area (Å²) >= 11 is 7.62. The Balaban J connectivity index is 1.86. The maximum Gasteiger partial charge on any atom is 0.137 e. The average molecular weight is 387 g/mol. The van der Waals surface area contributed by atoms with E-state index >= 15 is 0 Å². The Labute approximate surface area is 161 Å². The molecule has 26 heavy (non-hydrogen) atoms. The SMILES string of the molecule is CC(C#N)c1ccsc1CCC(O)(Cn1cncn1)c1ccc(Cl)cc1. The van der Waals surface area contributed by atoms with Crippen LogP contribution in [0, 0.1) is 11.3 Å². The molecule has 0 amide bonds. The minimum absolute atomic E-state index is 0.157. The van der Waals surface area contributed by atoms with E-state index in [4.69, 9.17) is 11.6 Å². The van der Waals surface area contributed by atoms with E-state index in [1.54, 1.807) is 34.5 Å². The first-order chi connectivity index (χ1) is 12.5. The molecule has 0 aliphatic carbocycles. The van der Waals surface area contributed by atoms with E-state index < -0.39 is 5.60 Å². The molecule has 0 bridgehead atoms. The summed E-state index contributed by atoms with van der Waals surface area (Å²) in [4.78, 5) is 5.09. The van der Waals surface area contributed by atoms with Gasteiger partial charge in [-0.3, -0.25) is 0 Å². The second-order valence-electron chi connectivity index (χ2n) is 6.28. The van der Waals surface area contributed by atoms with Gasteiger partial charge in [0.1, 0.15) is 18.3 Å². The Morgan fingerprint density at radius 1 is 1.35 bits per heavy atom. The summed E-state index contributed by atoms with van der Waals surface area (Å²) < 4.78 is 1.63. The van der Waals surface area contributed by atoms with Gasteiger partial charge in [-0.15, -0.1) is 11.3 Å². The first-order valence-electron chi connectivity index (χ1n) is 8.28. The molecule has 0 aliphatic rings. The average Bonchev–Trinajstić information content (AvgIpc) is 3.31. The lowest BCUT2D eigenvalue weighted by Gasteiger charge is -2.29. The molecule has 2 unspecified atom stereocenters. The summed E-state index contributed by atoms with van der Waals surface area (Å²) in [5, 5.41) is 27.4. The summed E-state index contributed by atoms with van der Waals surface area (Å²) in [6, 6.07) is 11.5. The van der Waals surface area contributed by atoms with Crippen LogP contribution in [-0.2, 0) is 18.6 Å². The van der Waals surface area contributed by atoms with Crippen molar-refractivity contribution >= 4 is 22.9 Å². The van der Waals surface area contributed by atoms with Crippen LogP contribution in [0.1, 0.15) is 35.3 Å². The lowest BCUT2D eigenvalue weighted by atomic mass is 9.87. The third-order valence-electron chi connectivity index (χ3n) is 4.48. The number of hydrogen-bond acceptors (Lipinski definition) is 5. The number of rotatable bonds is 7. The molecule has 0 spiro atoms. The number of hydrogen-bond donors (Lipinski definition) is 1. The van der Waals surface area contributed by atoms with Gasteiger partial charge in [-0.2, -0.15) is 10.4 Å². The molecular weight excluding hydrogens is 368 g/mol. The van der Waals surface area contributed by atoms with Gasteiger partial charge in [-0.25, -0.2) is 9.67 Å². The van der Waals surface area contributed by atoms with E-state index in [0.717, 1.165) is 16.0 Å². The van der Waals surface area contributed by atoms with Gasteiger partial charge in [-0.05, 0) is 54.5 Å².